The lowest BCUT2D eigenvalue weighted by Crippen LogP contribution is -2.20. The lowest BCUT2D eigenvalue weighted by molar-refractivity contribution is -0.275. The molecule has 19 heavy (non-hydrogen) atoms. The number of pyridine rings is 1. The molecule has 0 fully saturated rings. The van der Waals surface area contributed by atoms with Gasteiger partial charge in [-0.15, -0.1) is 13.2 Å². The molecule has 0 saturated carbocycles. The summed E-state index contributed by atoms with van der Waals surface area (Å²) in [4.78, 5) is 14.7. The van der Waals surface area contributed by atoms with E-state index >= 15 is 0 Å². The van der Waals surface area contributed by atoms with Crippen molar-refractivity contribution in [1.82, 2.24) is 4.98 Å². The number of halogens is 5. The quantitative estimate of drug-likeness (QED) is 0.478. The Hall–Kier alpha value is -1.38. The summed E-state index contributed by atoms with van der Waals surface area (Å²) in [5.41, 5.74) is -0.243. The van der Waals surface area contributed by atoms with Crippen LogP contribution in [0.4, 0.5) is 17.6 Å². The summed E-state index contributed by atoms with van der Waals surface area (Å²) in [5.74, 6) is -2.97. The number of hydrogen-bond donors (Lipinski definition) is 0. The summed E-state index contributed by atoms with van der Waals surface area (Å²) in [5, 5.41) is -0.157. The number of rotatable bonds is 4. The molecule has 1 rings (SSSR count). The highest BCUT2D eigenvalue weighted by molar-refractivity contribution is 9.08. The van der Waals surface area contributed by atoms with E-state index < -0.39 is 23.9 Å². The van der Waals surface area contributed by atoms with Gasteiger partial charge in [0, 0.05) is 10.9 Å². The molecule has 0 radical (unpaired) electrons. The lowest BCUT2D eigenvalue weighted by atomic mass is 10.1. The fraction of sp³-hybridized carbons (Fsp3) is 0.400. The third-order valence-electron chi connectivity index (χ3n) is 2.06. The normalized spacial score (nSPS) is 11.3. The molecule has 0 saturated heterocycles. The van der Waals surface area contributed by atoms with E-state index in [0.717, 1.165) is 7.11 Å². The zero-order valence-electron chi connectivity index (χ0n) is 9.55. The minimum Gasteiger partial charge on any atom is -0.469 e. The largest absolute Gasteiger partial charge is 0.573 e. The third-order valence-corrected chi connectivity index (χ3v) is 2.62. The maximum Gasteiger partial charge on any atom is 0.573 e. The monoisotopic (exact) mass is 345 g/mol. The number of hydrogen-bond acceptors (Lipinski definition) is 4. The topological polar surface area (TPSA) is 48.4 Å². The Morgan fingerprint density at radius 3 is 2.58 bits per heavy atom. The van der Waals surface area contributed by atoms with Gasteiger partial charge in [-0.3, -0.25) is 9.78 Å². The number of carbonyl (C=O) groups excluding carboxylic acids is 1. The van der Waals surface area contributed by atoms with Crippen LogP contribution in [-0.2, 0) is 21.3 Å². The van der Waals surface area contributed by atoms with E-state index in [2.05, 4.69) is 30.4 Å². The van der Waals surface area contributed by atoms with Crippen molar-refractivity contribution in [3.8, 4) is 5.75 Å². The first-order chi connectivity index (χ1) is 8.78. The summed E-state index contributed by atoms with van der Waals surface area (Å²) in [7, 11) is 1.12. The average molecular weight is 346 g/mol. The number of methoxy groups -OCH3 is 1. The van der Waals surface area contributed by atoms with Crippen LogP contribution in [0, 0.1) is 5.82 Å². The number of carbonyl (C=O) groups is 1. The Labute approximate surface area is 113 Å². The first kappa shape index (κ1) is 15.7. The van der Waals surface area contributed by atoms with Crippen LogP contribution in [0.15, 0.2) is 6.20 Å². The number of esters is 1. The summed E-state index contributed by atoms with van der Waals surface area (Å²) in [6.45, 7) is 0. The standard InChI is InChI=1S/C10H8BrF4NO3/c1-18-8(17)2-7-5(3-11)9(6(12)4-16-7)19-10(13,14)15/h4H,2-3H2,1H3. The highest BCUT2D eigenvalue weighted by Crippen LogP contribution is 2.32. The van der Waals surface area contributed by atoms with Gasteiger partial charge in [0.15, 0.2) is 11.6 Å². The fourth-order valence-corrected chi connectivity index (χ4v) is 1.85. The molecule has 0 aliphatic carbocycles. The zero-order valence-corrected chi connectivity index (χ0v) is 11.1. The fourth-order valence-electron chi connectivity index (χ4n) is 1.27. The average Bonchev–Trinajstić information content (AvgIpc) is 2.31. The maximum atomic E-state index is 13.3. The Morgan fingerprint density at radius 2 is 2.11 bits per heavy atom. The second-order valence-electron chi connectivity index (χ2n) is 3.29. The van der Waals surface area contributed by atoms with Crippen LogP contribution in [0.25, 0.3) is 0 Å². The molecule has 0 aromatic carbocycles. The van der Waals surface area contributed by atoms with Crippen LogP contribution in [-0.4, -0.2) is 24.4 Å². The smallest absolute Gasteiger partial charge is 0.469 e. The minimum atomic E-state index is -5.04. The van der Waals surface area contributed by atoms with Gasteiger partial charge in [0.05, 0.1) is 25.4 Å². The van der Waals surface area contributed by atoms with Gasteiger partial charge in [0.25, 0.3) is 0 Å². The molecule has 0 aliphatic heterocycles. The van der Waals surface area contributed by atoms with Crippen molar-refractivity contribution in [2.45, 2.75) is 18.1 Å². The van der Waals surface area contributed by atoms with Gasteiger partial charge in [-0.05, 0) is 0 Å². The van der Waals surface area contributed by atoms with Gasteiger partial charge in [-0.25, -0.2) is 4.39 Å². The molecule has 0 bridgehead atoms. The number of alkyl halides is 4. The van der Waals surface area contributed by atoms with Gasteiger partial charge in [-0.2, -0.15) is 0 Å². The molecule has 1 aromatic heterocycles. The SMILES string of the molecule is COC(=O)Cc1ncc(F)c(OC(F)(F)F)c1CBr. The highest BCUT2D eigenvalue weighted by Gasteiger charge is 2.34. The van der Waals surface area contributed by atoms with E-state index in [1.54, 1.807) is 0 Å². The van der Waals surface area contributed by atoms with Crippen molar-refractivity contribution < 1.29 is 31.8 Å². The summed E-state index contributed by atoms with van der Waals surface area (Å²) in [6.07, 6.45) is -4.86. The predicted molar refractivity (Wildman–Crippen MR) is 59.2 cm³/mol. The van der Waals surface area contributed by atoms with Crippen LogP contribution in [0.2, 0.25) is 0 Å². The van der Waals surface area contributed by atoms with E-state index in [-0.39, 0.29) is 23.0 Å². The molecule has 0 spiro atoms. The van der Waals surface area contributed by atoms with Crippen molar-refractivity contribution >= 4 is 21.9 Å². The van der Waals surface area contributed by atoms with Crippen LogP contribution in [0.3, 0.4) is 0 Å². The molecule has 106 valence electrons. The number of ether oxygens (including phenoxy) is 2. The first-order valence-corrected chi connectivity index (χ1v) is 5.95. The number of nitrogens with zero attached hydrogens (tertiary/aromatic N) is 1. The van der Waals surface area contributed by atoms with E-state index in [1.165, 1.54) is 0 Å². The van der Waals surface area contributed by atoms with Crippen molar-refractivity contribution in [3.63, 3.8) is 0 Å². The second-order valence-corrected chi connectivity index (χ2v) is 3.86. The van der Waals surface area contributed by atoms with Gasteiger partial charge in [0.1, 0.15) is 0 Å². The lowest BCUT2D eigenvalue weighted by Gasteiger charge is -2.15. The van der Waals surface area contributed by atoms with Crippen LogP contribution >= 0.6 is 15.9 Å². The Bertz CT molecular complexity index is 479. The molecule has 1 aromatic rings. The molecule has 1 heterocycles. The Kier molecular flexibility index (Phi) is 5.10. The van der Waals surface area contributed by atoms with Crippen LogP contribution < -0.4 is 4.74 Å². The molecule has 0 N–H and O–H groups in total. The van der Waals surface area contributed by atoms with Gasteiger partial charge < -0.3 is 9.47 Å². The van der Waals surface area contributed by atoms with Gasteiger partial charge in [-0.1, -0.05) is 15.9 Å². The van der Waals surface area contributed by atoms with Gasteiger partial charge in [0.2, 0.25) is 0 Å². The molecule has 0 unspecified atom stereocenters. The van der Waals surface area contributed by atoms with Crippen LogP contribution in [0.1, 0.15) is 11.3 Å². The highest BCUT2D eigenvalue weighted by atomic mass is 79.9. The molecule has 0 atom stereocenters. The first-order valence-electron chi connectivity index (χ1n) is 4.83. The van der Waals surface area contributed by atoms with Crippen molar-refractivity contribution in [1.29, 1.82) is 0 Å². The van der Waals surface area contributed by atoms with E-state index in [0.29, 0.717) is 6.20 Å². The zero-order chi connectivity index (χ0) is 14.6. The van der Waals surface area contributed by atoms with Gasteiger partial charge >= 0.3 is 12.3 Å². The molecular weight excluding hydrogens is 338 g/mol. The summed E-state index contributed by atoms with van der Waals surface area (Å²) >= 11 is 2.91. The van der Waals surface area contributed by atoms with E-state index in [4.69, 9.17) is 0 Å². The Morgan fingerprint density at radius 1 is 1.47 bits per heavy atom. The molecule has 0 amide bonds. The predicted octanol–water partition coefficient (Wildman–Crippen LogP) is 2.73. The van der Waals surface area contributed by atoms with Crippen molar-refractivity contribution in [2.75, 3.05) is 7.11 Å². The van der Waals surface area contributed by atoms with E-state index in [1.807, 2.05) is 0 Å². The molecule has 0 aliphatic rings. The third kappa shape index (κ3) is 4.34. The molecule has 9 heteroatoms. The minimum absolute atomic E-state index is 0.0515. The second kappa shape index (κ2) is 6.18. The Balaban J connectivity index is 3.21. The summed E-state index contributed by atoms with van der Waals surface area (Å²) in [6, 6.07) is 0. The van der Waals surface area contributed by atoms with Crippen molar-refractivity contribution in [2.24, 2.45) is 0 Å². The number of aromatic nitrogens is 1. The molecule has 4 nitrogen and oxygen atoms in total. The van der Waals surface area contributed by atoms with E-state index in [9.17, 15) is 22.4 Å². The molecular formula is C10H8BrF4NO3. The van der Waals surface area contributed by atoms with Crippen molar-refractivity contribution in [3.05, 3.63) is 23.3 Å². The maximum absolute atomic E-state index is 13.3. The summed E-state index contributed by atoms with van der Waals surface area (Å²) < 4.78 is 57.9. The van der Waals surface area contributed by atoms with Crippen LogP contribution in [0.5, 0.6) is 5.75 Å².